The number of nitrogens with one attached hydrogen (secondary N) is 1. The molecule has 0 unspecified atom stereocenters. The molecule has 4 nitrogen and oxygen atoms in total. The summed E-state index contributed by atoms with van der Waals surface area (Å²) < 4.78 is 5.08. The van der Waals surface area contributed by atoms with Crippen molar-refractivity contribution in [2.24, 2.45) is 0 Å². The van der Waals surface area contributed by atoms with Crippen LogP contribution in [0.5, 0.6) is 0 Å². The molecule has 1 aromatic carbocycles. The second kappa shape index (κ2) is 10.8. The number of carbonyl (C=O) groups excluding carboxylic acids is 2. The van der Waals surface area contributed by atoms with Crippen molar-refractivity contribution >= 4 is 17.6 Å². The second-order valence-electron chi connectivity index (χ2n) is 5.58. The molecule has 0 fully saturated rings. The predicted octanol–water partition coefficient (Wildman–Crippen LogP) is 4.23. The second-order valence-corrected chi connectivity index (χ2v) is 5.58. The number of amides is 1. The van der Waals surface area contributed by atoms with Crippen LogP contribution in [0.3, 0.4) is 0 Å². The molecule has 0 bridgehead atoms. The van der Waals surface area contributed by atoms with Crippen molar-refractivity contribution in [2.45, 2.75) is 58.8 Å². The minimum absolute atomic E-state index is 0.232. The van der Waals surface area contributed by atoms with Crippen molar-refractivity contribution in [3.05, 3.63) is 29.8 Å². The number of rotatable bonds is 10. The Morgan fingerprint density at radius 1 is 1.09 bits per heavy atom. The lowest BCUT2D eigenvalue weighted by Crippen LogP contribution is -2.18. The molecule has 0 atom stereocenters. The van der Waals surface area contributed by atoms with Crippen LogP contribution in [0.4, 0.5) is 5.69 Å². The van der Waals surface area contributed by atoms with Gasteiger partial charge in [-0.1, -0.05) is 51.2 Å². The fourth-order valence-corrected chi connectivity index (χ4v) is 2.18. The third-order valence-corrected chi connectivity index (χ3v) is 3.37. The molecule has 0 aliphatic carbocycles. The SMILES string of the molecule is CCCCCCCCOC(=O)CC(=O)Nc1cccc(C)c1. The zero-order chi connectivity index (χ0) is 16.2. The number of esters is 1. The molecule has 1 aromatic rings. The van der Waals surface area contributed by atoms with E-state index in [1.807, 2.05) is 25.1 Å². The van der Waals surface area contributed by atoms with Crippen LogP contribution in [0.2, 0.25) is 0 Å². The molecule has 1 N–H and O–H groups in total. The Labute approximate surface area is 133 Å². The molecule has 0 aromatic heterocycles. The summed E-state index contributed by atoms with van der Waals surface area (Å²) in [5.74, 6) is -0.794. The maximum atomic E-state index is 11.7. The molecule has 1 rings (SSSR count). The van der Waals surface area contributed by atoms with E-state index in [1.165, 1.54) is 25.7 Å². The number of anilines is 1. The fourth-order valence-electron chi connectivity index (χ4n) is 2.18. The van der Waals surface area contributed by atoms with Crippen LogP contribution in [0, 0.1) is 6.92 Å². The highest BCUT2D eigenvalue weighted by atomic mass is 16.5. The summed E-state index contributed by atoms with van der Waals surface area (Å²) in [5.41, 5.74) is 1.76. The van der Waals surface area contributed by atoms with Crippen LogP contribution < -0.4 is 5.32 Å². The van der Waals surface area contributed by atoms with Gasteiger partial charge < -0.3 is 10.1 Å². The number of hydrogen-bond acceptors (Lipinski definition) is 3. The Balaban J connectivity index is 2.12. The smallest absolute Gasteiger partial charge is 0.315 e. The lowest BCUT2D eigenvalue weighted by molar-refractivity contribution is -0.145. The van der Waals surface area contributed by atoms with Gasteiger partial charge in [-0.2, -0.15) is 0 Å². The van der Waals surface area contributed by atoms with Crippen LogP contribution in [-0.2, 0) is 14.3 Å². The van der Waals surface area contributed by atoms with Crippen molar-refractivity contribution in [3.8, 4) is 0 Å². The highest BCUT2D eigenvalue weighted by Crippen LogP contribution is 2.10. The van der Waals surface area contributed by atoms with Crippen molar-refractivity contribution < 1.29 is 14.3 Å². The third-order valence-electron chi connectivity index (χ3n) is 3.37. The Kier molecular flexibility index (Phi) is 8.96. The summed E-state index contributed by atoms with van der Waals surface area (Å²) in [6, 6.07) is 7.47. The van der Waals surface area contributed by atoms with Gasteiger partial charge in [0, 0.05) is 5.69 Å². The van der Waals surface area contributed by atoms with Crippen LogP contribution in [0.15, 0.2) is 24.3 Å². The normalized spacial score (nSPS) is 10.3. The Morgan fingerprint density at radius 2 is 1.82 bits per heavy atom. The zero-order valence-corrected chi connectivity index (χ0v) is 13.7. The molecule has 0 aliphatic rings. The van der Waals surface area contributed by atoms with Gasteiger partial charge in [0.1, 0.15) is 6.42 Å². The van der Waals surface area contributed by atoms with Crippen molar-refractivity contribution in [2.75, 3.05) is 11.9 Å². The van der Waals surface area contributed by atoms with Crippen molar-refractivity contribution in [1.29, 1.82) is 0 Å². The van der Waals surface area contributed by atoms with Gasteiger partial charge in [-0.25, -0.2) is 0 Å². The van der Waals surface area contributed by atoms with Gasteiger partial charge in [0.15, 0.2) is 0 Å². The first-order chi connectivity index (χ1) is 10.6. The molecule has 22 heavy (non-hydrogen) atoms. The molecular formula is C18H27NO3. The van der Waals surface area contributed by atoms with E-state index in [9.17, 15) is 9.59 Å². The minimum atomic E-state index is -0.460. The average Bonchev–Trinajstić information content (AvgIpc) is 2.46. The van der Waals surface area contributed by atoms with Gasteiger partial charge in [0.05, 0.1) is 6.61 Å². The van der Waals surface area contributed by atoms with Gasteiger partial charge in [-0.15, -0.1) is 0 Å². The first-order valence-corrected chi connectivity index (χ1v) is 8.14. The Hall–Kier alpha value is -1.84. The molecule has 0 heterocycles. The number of aryl methyl sites for hydroxylation is 1. The molecule has 0 spiro atoms. The third kappa shape index (κ3) is 8.45. The van der Waals surface area contributed by atoms with E-state index in [1.54, 1.807) is 6.07 Å². The number of carbonyl (C=O) groups is 2. The van der Waals surface area contributed by atoms with Gasteiger partial charge in [-0.3, -0.25) is 9.59 Å². The number of unbranched alkanes of at least 4 members (excludes halogenated alkanes) is 5. The summed E-state index contributed by atoms with van der Waals surface area (Å²) in [4.78, 5) is 23.3. The fraction of sp³-hybridized carbons (Fsp3) is 0.556. The molecule has 0 aliphatic heterocycles. The Morgan fingerprint density at radius 3 is 2.55 bits per heavy atom. The summed E-state index contributed by atoms with van der Waals surface area (Å²) in [6.45, 7) is 4.54. The van der Waals surface area contributed by atoms with Gasteiger partial charge >= 0.3 is 5.97 Å². The molecule has 1 amide bonds. The molecule has 0 saturated carbocycles. The molecule has 0 radical (unpaired) electrons. The van der Waals surface area contributed by atoms with Crippen LogP contribution >= 0.6 is 0 Å². The molecule has 4 heteroatoms. The minimum Gasteiger partial charge on any atom is -0.465 e. The van der Waals surface area contributed by atoms with Crippen LogP contribution in [0.25, 0.3) is 0 Å². The first kappa shape index (κ1) is 18.2. The first-order valence-electron chi connectivity index (χ1n) is 8.14. The van der Waals surface area contributed by atoms with E-state index < -0.39 is 5.97 Å². The molecule has 0 saturated heterocycles. The quantitative estimate of drug-likeness (QED) is 0.400. The van der Waals surface area contributed by atoms with Crippen LogP contribution in [-0.4, -0.2) is 18.5 Å². The van der Waals surface area contributed by atoms with Gasteiger partial charge in [-0.05, 0) is 31.0 Å². The van der Waals surface area contributed by atoms with E-state index in [4.69, 9.17) is 4.74 Å². The lowest BCUT2D eigenvalue weighted by atomic mass is 10.1. The summed E-state index contributed by atoms with van der Waals surface area (Å²) in [5, 5.41) is 2.70. The van der Waals surface area contributed by atoms with E-state index in [2.05, 4.69) is 12.2 Å². The van der Waals surface area contributed by atoms with Gasteiger partial charge in [0.2, 0.25) is 5.91 Å². The van der Waals surface area contributed by atoms with E-state index in [0.29, 0.717) is 12.3 Å². The van der Waals surface area contributed by atoms with Crippen molar-refractivity contribution in [1.82, 2.24) is 0 Å². The number of hydrogen-bond donors (Lipinski definition) is 1. The highest BCUT2D eigenvalue weighted by Gasteiger charge is 2.10. The zero-order valence-electron chi connectivity index (χ0n) is 13.7. The van der Waals surface area contributed by atoms with Gasteiger partial charge in [0.25, 0.3) is 0 Å². The highest BCUT2D eigenvalue weighted by molar-refractivity contribution is 6.01. The maximum Gasteiger partial charge on any atom is 0.315 e. The lowest BCUT2D eigenvalue weighted by Gasteiger charge is -2.07. The molecular weight excluding hydrogens is 278 g/mol. The predicted molar refractivity (Wildman–Crippen MR) is 88.8 cm³/mol. The monoisotopic (exact) mass is 305 g/mol. The number of benzene rings is 1. The summed E-state index contributed by atoms with van der Waals surface area (Å²) in [6.07, 6.45) is 6.62. The van der Waals surface area contributed by atoms with E-state index >= 15 is 0 Å². The topological polar surface area (TPSA) is 55.4 Å². The van der Waals surface area contributed by atoms with E-state index in [-0.39, 0.29) is 12.3 Å². The standard InChI is InChI=1S/C18H27NO3/c1-3-4-5-6-7-8-12-22-18(21)14-17(20)19-16-11-9-10-15(2)13-16/h9-11,13H,3-8,12,14H2,1-2H3,(H,19,20). The Bertz CT molecular complexity index is 471. The number of ether oxygens (including phenoxy) is 1. The van der Waals surface area contributed by atoms with Crippen LogP contribution in [0.1, 0.15) is 57.4 Å². The maximum absolute atomic E-state index is 11.7. The van der Waals surface area contributed by atoms with E-state index in [0.717, 1.165) is 18.4 Å². The average molecular weight is 305 g/mol. The summed E-state index contributed by atoms with van der Waals surface area (Å²) >= 11 is 0. The molecule has 122 valence electrons. The largest absolute Gasteiger partial charge is 0.465 e. The van der Waals surface area contributed by atoms with Crippen molar-refractivity contribution in [3.63, 3.8) is 0 Å². The summed E-state index contributed by atoms with van der Waals surface area (Å²) in [7, 11) is 0.